The van der Waals surface area contributed by atoms with Crippen LogP contribution >= 0.6 is 0 Å². The second-order valence-corrected chi connectivity index (χ2v) is 7.25. The van der Waals surface area contributed by atoms with Crippen LogP contribution in [0.3, 0.4) is 0 Å². The van der Waals surface area contributed by atoms with Gasteiger partial charge in [0, 0.05) is 6.42 Å². The number of rotatable bonds is 6. The highest BCUT2D eigenvalue weighted by Gasteiger charge is 2.34. The van der Waals surface area contributed by atoms with E-state index in [1.807, 2.05) is 43.3 Å². The normalized spacial score (nSPS) is 18.0. The van der Waals surface area contributed by atoms with Gasteiger partial charge in [-0.05, 0) is 54.9 Å². The summed E-state index contributed by atoms with van der Waals surface area (Å²) in [6, 6.07) is 16.2. The molecule has 0 saturated heterocycles. The molecular weight excluding hydrogens is 326 g/mol. The van der Waals surface area contributed by atoms with Gasteiger partial charge in [-0.15, -0.1) is 0 Å². The van der Waals surface area contributed by atoms with Crippen molar-refractivity contribution in [2.45, 2.75) is 38.1 Å². The van der Waals surface area contributed by atoms with Crippen LogP contribution in [0.5, 0.6) is 11.5 Å². The molecule has 2 aromatic rings. The molecule has 4 rings (SSSR count). The molecule has 4 nitrogen and oxygen atoms in total. The number of fused-ring (bicyclic) bond motifs is 1. The van der Waals surface area contributed by atoms with Gasteiger partial charge in [0.2, 0.25) is 5.91 Å². The van der Waals surface area contributed by atoms with Crippen molar-refractivity contribution in [3.63, 3.8) is 0 Å². The summed E-state index contributed by atoms with van der Waals surface area (Å²) in [6.45, 7) is 3.21. The average molecular weight is 351 g/mol. The molecule has 26 heavy (non-hydrogen) atoms. The van der Waals surface area contributed by atoms with Crippen molar-refractivity contribution in [1.29, 1.82) is 0 Å². The highest BCUT2D eigenvalue weighted by Crippen LogP contribution is 2.46. The summed E-state index contributed by atoms with van der Waals surface area (Å²) >= 11 is 0. The third-order valence-corrected chi connectivity index (χ3v) is 5.27. The van der Waals surface area contributed by atoms with Crippen LogP contribution in [0.15, 0.2) is 48.5 Å². The monoisotopic (exact) mass is 351 g/mol. The lowest BCUT2D eigenvalue weighted by Crippen LogP contribution is -2.28. The molecule has 4 heteroatoms. The van der Waals surface area contributed by atoms with E-state index < -0.39 is 0 Å². The summed E-state index contributed by atoms with van der Waals surface area (Å²) < 4.78 is 11.3. The zero-order valence-corrected chi connectivity index (χ0v) is 15.1. The summed E-state index contributed by atoms with van der Waals surface area (Å²) in [4.78, 5) is 12.7. The first-order valence-corrected chi connectivity index (χ1v) is 9.44. The average Bonchev–Trinajstić information content (AvgIpc) is 3.51. The first-order valence-electron chi connectivity index (χ1n) is 9.44. The van der Waals surface area contributed by atoms with Crippen LogP contribution < -0.4 is 14.8 Å². The Morgan fingerprint density at radius 2 is 1.77 bits per heavy atom. The maximum atomic E-state index is 12.7. The van der Waals surface area contributed by atoms with E-state index in [0.717, 1.165) is 17.1 Å². The van der Waals surface area contributed by atoms with E-state index in [2.05, 4.69) is 17.4 Å². The van der Waals surface area contributed by atoms with Crippen molar-refractivity contribution >= 4 is 5.91 Å². The van der Waals surface area contributed by atoms with Crippen LogP contribution in [0.4, 0.5) is 0 Å². The minimum Gasteiger partial charge on any atom is -0.486 e. The van der Waals surface area contributed by atoms with Gasteiger partial charge in [-0.1, -0.05) is 36.4 Å². The number of hydrogen-bond donors (Lipinski definition) is 1. The van der Waals surface area contributed by atoms with Crippen molar-refractivity contribution in [2.75, 3.05) is 13.2 Å². The zero-order valence-electron chi connectivity index (χ0n) is 15.1. The van der Waals surface area contributed by atoms with Gasteiger partial charge in [0.25, 0.3) is 0 Å². The Balaban J connectivity index is 1.45. The van der Waals surface area contributed by atoms with Crippen molar-refractivity contribution in [3.8, 4) is 11.5 Å². The predicted octanol–water partition coefficient (Wildman–Crippen LogP) is 4.22. The number of ether oxygens (including phenoxy) is 2. The smallest absolute Gasteiger partial charge is 0.221 e. The van der Waals surface area contributed by atoms with E-state index in [9.17, 15) is 4.79 Å². The Labute approximate surface area is 154 Å². The molecular formula is C22H25NO3. The van der Waals surface area contributed by atoms with E-state index in [1.54, 1.807) is 0 Å². The first kappa shape index (κ1) is 17.0. The molecule has 1 aliphatic carbocycles. The van der Waals surface area contributed by atoms with Crippen molar-refractivity contribution in [1.82, 2.24) is 5.32 Å². The van der Waals surface area contributed by atoms with Gasteiger partial charge in [-0.2, -0.15) is 0 Å². The fourth-order valence-corrected chi connectivity index (χ4v) is 3.67. The van der Waals surface area contributed by atoms with Crippen LogP contribution in [0.25, 0.3) is 0 Å². The van der Waals surface area contributed by atoms with Gasteiger partial charge >= 0.3 is 0 Å². The van der Waals surface area contributed by atoms with E-state index in [0.29, 0.717) is 25.6 Å². The lowest BCUT2D eigenvalue weighted by atomic mass is 9.90. The summed E-state index contributed by atoms with van der Waals surface area (Å²) in [7, 11) is 0. The molecule has 0 radical (unpaired) electrons. The van der Waals surface area contributed by atoms with Gasteiger partial charge in [0.15, 0.2) is 11.5 Å². The summed E-state index contributed by atoms with van der Waals surface area (Å²) in [6.07, 6.45) is 2.91. The van der Waals surface area contributed by atoms with Crippen LogP contribution in [0, 0.1) is 5.92 Å². The highest BCUT2D eigenvalue weighted by molar-refractivity contribution is 5.77. The largest absolute Gasteiger partial charge is 0.486 e. The standard InChI is InChI=1S/C22H25NO3/c1-15(16-5-3-2-4-6-16)23-22(24)14-19(17-7-8-17)18-9-10-20-21(13-18)26-12-11-25-20/h2-6,9-10,13,15,17,19H,7-8,11-12,14H2,1H3,(H,23,24). The maximum absolute atomic E-state index is 12.7. The van der Waals surface area contributed by atoms with Crippen molar-refractivity contribution in [3.05, 3.63) is 59.7 Å². The summed E-state index contributed by atoms with van der Waals surface area (Å²) in [5.41, 5.74) is 2.31. The van der Waals surface area contributed by atoms with Crippen LogP contribution in [-0.2, 0) is 4.79 Å². The number of amides is 1. The molecule has 0 spiro atoms. The Morgan fingerprint density at radius 1 is 1.04 bits per heavy atom. The molecule has 1 fully saturated rings. The Hall–Kier alpha value is -2.49. The first-order chi connectivity index (χ1) is 12.7. The molecule has 2 aromatic carbocycles. The third kappa shape index (κ3) is 3.85. The van der Waals surface area contributed by atoms with Gasteiger partial charge in [-0.3, -0.25) is 4.79 Å². The van der Waals surface area contributed by atoms with Crippen molar-refractivity contribution < 1.29 is 14.3 Å². The van der Waals surface area contributed by atoms with Gasteiger partial charge in [0.05, 0.1) is 6.04 Å². The van der Waals surface area contributed by atoms with Crippen LogP contribution in [0.1, 0.15) is 49.3 Å². The van der Waals surface area contributed by atoms with Crippen molar-refractivity contribution in [2.24, 2.45) is 5.92 Å². The molecule has 1 amide bonds. The lowest BCUT2D eigenvalue weighted by molar-refractivity contribution is -0.122. The van der Waals surface area contributed by atoms with E-state index in [-0.39, 0.29) is 17.9 Å². The van der Waals surface area contributed by atoms with Gasteiger partial charge in [-0.25, -0.2) is 0 Å². The Bertz CT molecular complexity index is 770. The molecule has 0 bridgehead atoms. The fraction of sp³-hybridized carbons (Fsp3) is 0.409. The molecule has 1 saturated carbocycles. The molecule has 1 N–H and O–H groups in total. The number of benzene rings is 2. The quantitative estimate of drug-likeness (QED) is 0.848. The van der Waals surface area contributed by atoms with E-state index in [1.165, 1.54) is 18.4 Å². The topological polar surface area (TPSA) is 47.6 Å². The Morgan fingerprint density at radius 3 is 2.50 bits per heavy atom. The second-order valence-electron chi connectivity index (χ2n) is 7.25. The SMILES string of the molecule is CC(NC(=O)CC(c1ccc2c(c1)OCCO2)C1CC1)c1ccccc1. The fourth-order valence-electron chi connectivity index (χ4n) is 3.67. The number of carbonyl (C=O) groups excluding carboxylic acids is 1. The molecule has 2 aliphatic rings. The van der Waals surface area contributed by atoms with Crippen LogP contribution in [0.2, 0.25) is 0 Å². The molecule has 1 aliphatic heterocycles. The Kier molecular flexibility index (Phi) is 4.83. The number of carbonyl (C=O) groups is 1. The summed E-state index contributed by atoms with van der Waals surface area (Å²) in [5, 5.41) is 3.15. The van der Waals surface area contributed by atoms with Crippen LogP contribution in [-0.4, -0.2) is 19.1 Å². The highest BCUT2D eigenvalue weighted by atomic mass is 16.6. The number of hydrogen-bond acceptors (Lipinski definition) is 3. The lowest BCUT2D eigenvalue weighted by Gasteiger charge is -2.23. The minimum atomic E-state index is 0.0174. The number of nitrogens with one attached hydrogen (secondary N) is 1. The summed E-state index contributed by atoms with van der Waals surface area (Å²) in [5.74, 6) is 2.55. The van der Waals surface area contributed by atoms with Gasteiger partial charge in [0.1, 0.15) is 13.2 Å². The second kappa shape index (κ2) is 7.40. The maximum Gasteiger partial charge on any atom is 0.221 e. The molecule has 2 atom stereocenters. The molecule has 136 valence electrons. The van der Waals surface area contributed by atoms with E-state index in [4.69, 9.17) is 9.47 Å². The predicted molar refractivity (Wildman–Crippen MR) is 101 cm³/mol. The molecule has 1 heterocycles. The molecule has 2 unspecified atom stereocenters. The van der Waals surface area contributed by atoms with Gasteiger partial charge < -0.3 is 14.8 Å². The van der Waals surface area contributed by atoms with E-state index >= 15 is 0 Å². The molecule has 0 aromatic heterocycles. The minimum absolute atomic E-state index is 0.0174. The zero-order chi connectivity index (χ0) is 17.9. The third-order valence-electron chi connectivity index (χ3n) is 5.27.